The maximum absolute atomic E-state index is 11.5. The van der Waals surface area contributed by atoms with Crippen molar-refractivity contribution in [3.8, 4) is 0 Å². The molecule has 1 fully saturated rings. The fourth-order valence-corrected chi connectivity index (χ4v) is 2.22. The van der Waals surface area contributed by atoms with Crippen LogP contribution < -0.4 is 0 Å². The molecule has 0 spiro atoms. The molecular weight excluding hydrogens is 196 g/mol. The average Bonchev–Trinajstić information content (AvgIpc) is 1.99. The molecule has 1 rings (SSSR count). The third kappa shape index (κ3) is 2.31. The van der Waals surface area contributed by atoms with Gasteiger partial charge in [0, 0.05) is 12.3 Å². The van der Waals surface area contributed by atoms with Gasteiger partial charge in [0.05, 0.1) is 11.5 Å². The van der Waals surface area contributed by atoms with Crippen molar-refractivity contribution in [1.82, 2.24) is 0 Å². The summed E-state index contributed by atoms with van der Waals surface area (Å²) in [7, 11) is 0. The van der Waals surface area contributed by atoms with Crippen LogP contribution in [0, 0.1) is 11.8 Å². The standard InChI is InChI=1S/C11H16O4/c1-6(12)8-4-9(7(2)13)11(3,15)5-10(8)14/h8-9,15H,4-5H2,1-3H3. The summed E-state index contributed by atoms with van der Waals surface area (Å²) in [5, 5.41) is 9.92. The van der Waals surface area contributed by atoms with Crippen molar-refractivity contribution in [3.05, 3.63) is 0 Å². The highest BCUT2D eigenvalue weighted by Crippen LogP contribution is 2.35. The molecule has 3 atom stereocenters. The van der Waals surface area contributed by atoms with Crippen molar-refractivity contribution < 1.29 is 19.5 Å². The third-order valence-electron chi connectivity index (χ3n) is 3.12. The lowest BCUT2D eigenvalue weighted by Gasteiger charge is -2.37. The summed E-state index contributed by atoms with van der Waals surface area (Å²) in [5.74, 6) is -1.96. The van der Waals surface area contributed by atoms with Crippen molar-refractivity contribution >= 4 is 17.3 Å². The number of rotatable bonds is 2. The molecule has 0 saturated heterocycles. The lowest BCUT2D eigenvalue weighted by molar-refractivity contribution is -0.148. The van der Waals surface area contributed by atoms with Crippen LogP contribution in [-0.2, 0) is 14.4 Å². The van der Waals surface area contributed by atoms with Gasteiger partial charge < -0.3 is 5.11 Å². The lowest BCUT2D eigenvalue weighted by atomic mass is 9.69. The summed E-state index contributed by atoms with van der Waals surface area (Å²) in [6.45, 7) is 4.21. The third-order valence-corrected chi connectivity index (χ3v) is 3.12. The maximum Gasteiger partial charge on any atom is 0.146 e. The van der Waals surface area contributed by atoms with Crippen LogP contribution in [0.3, 0.4) is 0 Å². The van der Waals surface area contributed by atoms with Gasteiger partial charge in [-0.25, -0.2) is 0 Å². The van der Waals surface area contributed by atoms with E-state index in [0.717, 1.165) is 0 Å². The second kappa shape index (κ2) is 3.85. The van der Waals surface area contributed by atoms with Crippen LogP contribution in [0.1, 0.15) is 33.6 Å². The van der Waals surface area contributed by atoms with Gasteiger partial charge in [0.2, 0.25) is 0 Å². The average molecular weight is 212 g/mol. The van der Waals surface area contributed by atoms with Gasteiger partial charge in [-0.1, -0.05) is 0 Å². The molecule has 1 N–H and O–H groups in total. The van der Waals surface area contributed by atoms with Crippen LogP contribution in [0.15, 0.2) is 0 Å². The molecule has 15 heavy (non-hydrogen) atoms. The van der Waals surface area contributed by atoms with Crippen LogP contribution in [0.25, 0.3) is 0 Å². The van der Waals surface area contributed by atoms with Gasteiger partial charge in [-0.15, -0.1) is 0 Å². The Hall–Kier alpha value is -1.03. The van der Waals surface area contributed by atoms with E-state index in [4.69, 9.17) is 0 Å². The number of carbonyl (C=O) groups excluding carboxylic acids is 3. The molecule has 1 aliphatic carbocycles. The zero-order valence-electron chi connectivity index (χ0n) is 9.24. The molecule has 4 heteroatoms. The molecule has 4 nitrogen and oxygen atoms in total. The van der Waals surface area contributed by atoms with Crippen molar-refractivity contribution in [2.45, 2.75) is 39.2 Å². The maximum atomic E-state index is 11.5. The molecule has 0 aromatic carbocycles. The van der Waals surface area contributed by atoms with Crippen LogP contribution in [0.5, 0.6) is 0 Å². The van der Waals surface area contributed by atoms with Gasteiger partial charge in [0.25, 0.3) is 0 Å². The summed E-state index contributed by atoms with van der Waals surface area (Å²) >= 11 is 0. The number of Topliss-reactive ketones (excluding diaryl/α,β-unsaturated/α-hetero) is 3. The highest BCUT2D eigenvalue weighted by atomic mass is 16.3. The number of hydrogen-bond donors (Lipinski definition) is 1. The number of aliphatic hydroxyl groups is 1. The predicted octanol–water partition coefficient (Wildman–Crippen LogP) is 0.511. The monoisotopic (exact) mass is 212 g/mol. The summed E-state index contributed by atoms with van der Waals surface area (Å²) in [6.07, 6.45) is 0.0397. The van der Waals surface area contributed by atoms with E-state index < -0.39 is 17.4 Å². The van der Waals surface area contributed by atoms with E-state index in [2.05, 4.69) is 0 Å². The minimum absolute atomic E-state index is 0.110. The molecular formula is C11H16O4. The van der Waals surface area contributed by atoms with Crippen LogP contribution in [0.2, 0.25) is 0 Å². The van der Waals surface area contributed by atoms with E-state index in [0.29, 0.717) is 0 Å². The first kappa shape index (κ1) is 12.0. The Morgan fingerprint density at radius 2 is 1.87 bits per heavy atom. The Kier molecular flexibility index (Phi) is 3.09. The number of carbonyl (C=O) groups is 3. The molecule has 0 aliphatic heterocycles. The Bertz CT molecular complexity index is 317. The lowest BCUT2D eigenvalue weighted by Crippen LogP contribution is -2.49. The predicted molar refractivity (Wildman–Crippen MR) is 53.2 cm³/mol. The van der Waals surface area contributed by atoms with E-state index in [9.17, 15) is 19.5 Å². The van der Waals surface area contributed by atoms with Crippen LogP contribution in [-0.4, -0.2) is 28.1 Å². The number of hydrogen-bond acceptors (Lipinski definition) is 4. The normalized spacial score (nSPS) is 36.4. The van der Waals surface area contributed by atoms with E-state index in [-0.39, 0.29) is 30.2 Å². The Balaban J connectivity index is 2.95. The quantitative estimate of drug-likeness (QED) is 0.677. The van der Waals surface area contributed by atoms with E-state index in [1.165, 1.54) is 20.8 Å². The highest BCUT2D eigenvalue weighted by Gasteiger charge is 2.46. The molecule has 0 aromatic heterocycles. The smallest absolute Gasteiger partial charge is 0.146 e. The molecule has 1 aliphatic rings. The molecule has 84 valence electrons. The highest BCUT2D eigenvalue weighted by molar-refractivity contribution is 6.03. The molecule has 3 unspecified atom stereocenters. The largest absolute Gasteiger partial charge is 0.389 e. The number of ketones is 3. The van der Waals surface area contributed by atoms with Crippen LogP contribution >= 0.6 is 0 Å². The molecule has 0 heterocycles. The fraction of sp³-hybridized carbons (Fsp3) is 0.727. The Labute approximate surface area is 88.7 Å². The topological polar surface area (TPSA) is 71.4 Å². The van der Waals surface area contributed by atoms with Gasteiger partial charge in [0.1, 0.15) is 17.3 Å². The van der Waals surface area contributed by atoms with E-state index >= 15 is 0 Å². The van der Waals surface area contributed by atoms with Crippen molar-refractivity contribution in [1.29, 1.82) is 0 Å². The second-order valence-electron chi connectivity index (χ2n) is 4.56. The van der Waals surface area contributed by atoms with E-state index in [1.54, 1.807) is 0 Å². The fourth-order valence-electron chi connectivity index (χ4n) is 2.22. The first-order chi connectivity index (χ1) is 6.75. The van der Waals surface area contributed by atoms with Gasteiger partial charge in [0.15, 0.2) is 0 Å². The van der Waals surface area contributed by atoms with Crippen molar-refractivity contribution in [2.24, 2.45) is 11.8 Å². The van der Waals surface area contributed by atoms with Gasteiger partial charge in [-0.05, 0) is 27.2 Å². The summed E-state index contributed by atoms with van der Waals surface area (Å²) in [5.41, 5.74) is -1.30. The van der Waals surface area contributed by atoms with Gasteiger partial charge in [-0.3, -0.25) is 14.4 Å². The molecule has 0 bridgehead atoms. The van der Waals surface area contributed by atoms with Crippen molar-refractivity contribution in [2.75, 3.05) is 0 Å². The summed E-state index contributed by atoms with van der Waals surface area (Å²) in [6, 6.07) is 0. The minimum Gasteiger partial charge on any atom is -0.389 e. The zero-order valence-corrected chi connectivity index (χ0v) is 9.24. The Morgan fingerprint density at radius 1 is 1.33 bits per heavy atom. The zero-order chi connectivity index (χ0) is 11.8. The molecule has 1 saturated carbocycles. The Morgan fingerprint density at radius 3 is 2.27 bits per heavy atom. The first-order valence-corrected chi connectivity index (χ1v) is 5.01. The SMILES string of the molecule is CC(=O)C1CC(C(C)=O)C(C)(O)CC1=O. The van der Waals surface area contributed by atoms with Crippen LogP contribution in [0.4, 0.5) is 0 Å². The van der Waals surface area contributed by atoms with E-state index in [1.807, 2.05) is 0 Å². The minimum atomic E-state index is -1.30. The first-order valence-electron chi connectivity index (χ1n) is 5.01. The van der Waals surface area contributed by atoms with Gasteiger partial charge >= 0.3 is 0 Å². The summed E-state index contributed by atoms with van der Waals surface area (Å²) in [4.78, 5) is 34.0. The molecule has 0 radical (unpaired) electrons. The second-order valence-corrected chi connectivity index (χ2v) is 4.56. The molecule has 0 aromatic rings. The van der Waals surface area contributed by atoms with Crippen molar-refractivity contribution in [3.63, 3.8) is 0 Å². The summed E-state index contributed by atoms with van der Waals surface area (Å²) < 4.78 is 0. The van der Waals surface area contributed by atoms with Gasteiger partial charge in [-0.2, -0.15) is 0 Å². The molecule has 0 amide bonds.